The first-order valence-electron chi connectivity index (χ1n) is 9.80. The maximum absolute atomic E-state index is 12.7. The van der Waals surface area contributed by atoms with E-state index < -0.39 is 16.1 Å². The third-order valence-electron chi connectivity index (χ3n) is 4.80. The highest BCUT2D eigenvalue weighted by Crippen LogP contribution is 2.18. The minimum atomic E-state index is -3.48. The van der Waals surface area contributed by atoms with Crippen LogP contribution in [0.25, 0.3) is 0 Å². The monoisotopic (exact) mass is 433 g/mol. The van der Waals surface area contributed by atoms with E-state index in [1.807, 2.05) is 4.90 Å². The van der Waals surface area contributed by atoms with Gasteiger partial charge in [0.15, 0.2) is 0 Å². The lowest BCUT2D eigenvalue weighted by atomic mass is 10.3. The molecule has 0 aliphatic carbocycles. The summed E-state index contributed by atoms with van der Waals surface area (Å²) in [6, 6.07) is 15.3. The molecule has 8 nitrogen and oxygen atoms in total. The van der Waals surface area contributed by atoms with Crippen LogP contribution in [0.5, 0.6) is 5.75 Å². The summed E-state index contributed by atoms with van der Waals surface area (Å²) >= 11 is 0. The zero-order valence-electron chi connectivity index (χ0n) is 16.9. The number of piperazine rings is 1. The quantitative estimate of drug-likeness (QED) is 0.653. The molecule has 2 N–H and O–H groups in total. The molecule has 162 valence electrons. The number of aliphatic hydroxyl groups is 1. The predicted octanol–water partition coefficient (Wildman–Crippen LogP) is 1.39. The Balaban J connectivity index is 1.43. The Morgan fingerprint density at radius 2 is 1.70 bits per heavy atom. The molecule has 9 heteroatoms. The van der Waals surface area contributed by atoms with Crippen LogP contribution in [0.2, 0.25) is 0 Å². The lowest BCUT2D eigenvalue weighted by Gasteiger charge is -2.34. The number of hydrogen-bond donors (Lipinski definition) is 2. The second kappa shape index (κ2) is 10.0. The molecular formula is C21H27N3O5S. The highest BCUT2D eigenvalue weighted by molar-refractivity contribution is 7.89. The zero-order valence-corrected chi connectivity index (χ0v) is 17.7. The number of β-amino-alcohol motifs (C(OH)–C–C–N with tert-alkyl or cyclic N) is 1. The summed E-state index contributed by atoms with van der Waals surface area (Å²) in [5.74, 6) is 0.456. The molecule has 0 radical (unpaired) electrons. The van der Waals surface area contributed by atoms with Crippen LogP contribution >= 0.6 is 0 Å². The topological polar surface area (TPSA) is 99.2 Å². The zero-order chi connectivity index (χ0) is 21.6. The van der Waals surface area contributed by atoms with E-state index in [0.717, 1.165) is 0 Å². The summed E-state index contributed by atoms with van der Waals surface area (Å²) in [4.78, 5) is 13.4. The second-order valence-electron chi connectivity index (χ2n) is 7.19. The van der Waals surface area contributed by atoms with E-state index in [1.165, 1.54) is 11.2 Å². The van der Waals surface area contributed by atoms with Gasteiger partial charge >= 0.3 is 0 Å². The smallest absolute Gasteiger partial charge is 0.243 e. The van der Waals surface area contributed by atoms with Gasteiger partial charge in [0, 0.05) is 45.3 Å². The van der Waals surface area contributed by atoms with Crippen molar-refractivity contribution in [1.82, 2.24) is 9.21 Å². The Morgan fingerprint density at radius 3 is 2.30 bits per heavy atom. The first-order chi connectivity index (χ1) is 14.3. The molecule has 0 aromatic heterocycles. The van der Waals surface area contributed by atoms with E-state index in [9.17, 15) is 18.3 Å². The fraction of sp³-hybridized carbons (Fsp3) is 0.381. The van der Waals surface area contributed by atoms with Gasteiger partial charge < -0.3 is 15.2 Å². The van der Waals surface area contributed by atoms with Gasteiger partial charge in [-0.3, -0.25) is 9.69 Å². The summed E-state index contributed by atoms with van der Waals surface area (Å²) in [6.07, 6.45) is -0.697. The first kappa shape index (κ1) is 22.2. The fourth-order valence-corrected chi connectivity index (χ4v) is 4.72. The number of amides is 1. The molecule has 30 heavy (non-hydrogen) atoms. The van der Waals surface area contributed by atoms with E-state index in [0.29, 0.717) is 49.1 Å². The maximum atomic E-state index is 12.7. The number of nitrogens with zero attached hydrogens (tertiary/aromatic N) is 2. The lowest BCUT2D eigenvalue weighted by molar-refractivity contribution is -0.114. The van der Waals surface area contributed by atoms with Gasteiger partial charge in [-0.05, 0) is 36.4 Å². The number of anilines is 1. The van der Waals surface area contributed by atoms with Gasteiger partial charge in [0.2, 0.25) is 15.9 Å². The summed E-state index contributed by atoms with van der Waals surface area (Å²) in [7, 11) is -3.48. The van der Waals surface area contributed by atoms with Gasteiger partial charge in [-0.1, -0.05) is 18.2 Å². The highest BCUT2D eigenvalue weighted by Gasteiger charge is 2.28. The van der Waals surface area contributed by atoms with Crippen molar-refractivity contribution in [2.75, 3.05) is 44.6 Å². The Morgan fingerprint density at radius 1 is 1.07 bits per heavy atom. The van der Waals surface area contributed by atoms with E-state index in [1.54, 1.807) is 54.6 Å². The fourth-order valence-electron chi connectivity index (χ4n) is 3.27. The number of hydrogen-bond acceptors (Lipinski definition) is 6. The van der Waals surface area contributed by atoms with Gasteiger partial charge in [0.05, 0.1) is 4.90 Å². The molecule has 1 heterocycles. The van der Waals surface area contributed by atoms with Gasteiger partial charge in [-0.25, -0.2) is 8.42 Å². The van der Waals surface area contributed by atoms with Crippen LogP contribution in [0.3, 0.4) is 0 Å². The summed E-state index contributed by atoms with van der Waals surface area (Å²) in [5, 5.41) is 13.0. The van der Waals surface area contributed by atoms with Crippen molar-refractivity contribution >= 4 is 21.6 Å². The van der Waals surface area contributed by atoms with E-state index in [4.69, 9.17) is 4.74 Å². The largest absolute Gasteiger partial charge is 0.491 e. The number of carbonyl (C=O) groups excluding carboxylic acids is 1. The van der Waals surface area contributed by atoms with Crippen LogP contribution < -0.4 is 10.1 Å². The molecule has 1 amide bonds. The molecule has 3 rings (SSSR count). The summed E-state index contributed by atoms with van der Waals surface area (Å²) < 4.78 is 32.4. The van der Waals surface area contributed by atoms with Crippen molar-refractivity contribution < 1.29 is 23.1 Å². The van der Waals surface area contributed by atoms with Crippen molar-refractivity contribution in [1.29, 1.82) is 0 Å². The van der Waals surface area contributed by atoms with Crippen molar-refractivity contribution in [3.63, 3.8) is 0 Å². The molecule has 2 aromatic rings. The number of sulfonamides is 1. The minimum absolute atomic E-state index is 0.127. The number of nitrogens with one attached hydrogen (secondary N) is 1. The van der Waals surface area contributed by atoms with E-state index >= 15 is 0 Å². The number of carbonyl (C=O) groups is 1. The normalized spacial score (nSPS) is 16.7. The molecule has 1 aliphatic heterocycles. The molecule has 0 spiro atoms. The third-order valence-corrected chi connectivity index (χ3v) is 6.71. The van der Waals surface area contributed by atoms with Crippen LogP contribution in [-0.2, 0) is 14.8 Å². The molecule has 1 saturated heterocycles. The van der Waals surface area contributed by atoms with Crippen LogP contribution in [0.4, 0.5) is 5.69 Å². The average molecular weight is 434 g/mol. The summed E-state index contributed by atoms with van der Waals surface area (Å²) in [5.41, 5.74) is 0.679. The number of benzene rings is 2. The van der Waals surface area contributed by atoms with Crippen LogP contribution in [-0.4, -0.2) is 74.1 Å². The molecular weight excluding hydrogens is 406 g/mol. The van der Waals surface area contributed by atoms with Crippen molar-refractivity contribution in [3.05, 3.63) is 54.6 Å². The van der Waals surface area contributed by atoms with Gasteiger partial charge in [-0.2, -0.15) is 4.31 Å². The molecule has 0 unspecified atom stereocenters. The van der Waals surface area contributed by atoms with Crippen LogP contribution in [0, 0.1) is 0 Å². The van der Waals surface area contributed by atoms with Gasteiger partial charge in [0.1, 0.15) is 18.5 Å². The minimum Gasteiger partial charge on any atom is -0.491 e. The Labute approximate surface area is 177 Å². The first-order valence-corrected chi connectivity index (χ1v) is 11.2. The predicted molar refractivity (Wildman–Crippen MR) is 114 cm³/mol. The molecule has 0 saturated carbocycles. The standard InChI is InChI=1S/C21H27N3O5S/c1-17(25)22-18-7-9-20(10-8-18)29-16-19(26)15-23-11-13-24(14-12-23)30(27,28)21-5-3-2-4-6-21/h2-10,19,26H,11-16H2,1H3,(H,22,25)/t19-/m0/s1. The molecule has 2 aromatic carbocycles. The SMILES string of the molecule is CC(=O)Nc1ccc(OC[C@@H](O)CN2CCN(S(=O)(=O)c3ccccc3)CC2)cc1. The number of ether oxygens (including phenoxy) is 1. The number of rotatable bonds is 8. The van der Waals surface area contributed by atoms with Gasteiger partial charge in [0.25, 0.3) is 0 Å². The van der Waals surface area contributed by atoms with E-state index in [2.05, 4.69) is 5.32 Å². The van der Waals surface area contributed by atoms with Crippen molar-refractivity contribution in [2.45, 2.75) is 17.9 Å². The van der Waals surface area contributed by atoms with Crippen LogP contribution in [0.15, 0.2) is 59.5 Å². The maximum Gasteiger partial charge on any atom is 0.243 e. The van der Waals surface area contributed by atoms with Crippen molar-refractivity contribution in [3.8, 4) is 5.75 Å². The molecule has 0 bridgehead atoms. The molecule has 1 fully saturated rings. The third kappa shape index (κ3) is 6.02. The highest BCUT2D eigenvalue weighted by atomic mass is 32.2. The Bertz CT molecular complexity index is 927. The average Bonchev–Trinajstić information content (AvgIpc) is 2.74. The van der Waals surface area contributed by atoms with Gasteiger partial charge in [-0.15, -0.1) is 0 Å². The van der Waals surface area contributed by atoms with E-state index in [-0.39, 0.29) is 12.5 Å². The van der Waals surface area contributed by atoms with Crippen LogP contribution in [0.1, 0.15) is 6.92 Å². The summed E-state index contributed by atoms with van der Waals surface area (Å²) in [6.45, 7) is 3.84. The molecule has 1 atom stereocenters. The lowest BCUT2D eigenvalue weighted by Crippen LogP contribution is -2.50. The Kier molecular flexibility index (Phi) is 7.43. The number of aliphatic hydroxyl groups excluding tert-OH is 1. The second-order valence-corrected chi connectivity index (χ2v) is 9.13. The molecule has 1 aliphatic rings. The Hall–Kier alpha value is -2.46. The van der Waals surface area contributed by atoms with Crippen molar-refractivity contribution in [2.24, 2.45) is 0 Å².